The summed E-state index contributed by atoms with van der Waals surface area (Å²) in [5, 5.41) is 12.5. The molecule has 10 aromatic rings. The van der Waals surface area contributed by atoms with Gasteiger partial charge in [-0.15, -0.1) is 0 Å². The van der Waals surface area contributed by atoms with Crippen LogP contribution in [-0.2, 0) is 13.2 Å². The summed E-state index contributed by atoms with van der Waals surface area (Å²) in [6.07, 6.45) is 0. The zero-order valence-corrected chi connectivity index (χ0v) is 36.0. The van der Waals surface area contributed by atoms with Crippen LogP contribution in [0.3, 0.4) is 0 Å². The van der Waals surface area contributed by atoms with Crippen molar-refractivity contribution in [1.82, 2.24) is 0 Å². The maximum atomic E-state index is 6.80. The first-order chi connectivity index (χ1) is 30.8. The molecular formula is C58H44O2P2. The number of rotatable bonds is 13. The molecule has 10 rings (SSSR count). The molecule has 4 heteroatoms. The van der Waals surface area contributed by atoms with E-state index in [-0.39, 0.29) is 0 Å². The van der Waals surface area contributed by atoms with Gasteiger partial charge >= 0.3 is 0 Å². The molecule has 298 valence electrons. The molecule has 10 aromatic carbocycles. The number of para-hydroxylation sites is 2. The molecule has 0 aliphatic carbocycles. The third kappa shape index (κ3) is 8.16. The Hall–Kier alpha value is -6.82. The average molecular weight is 835 g/mol. The van der Waals surface area contributed by atoms with Gasteiger partial charge < -0.3 is 9.47 Å². The van der Waals surface area contributed by atoms with Crippen LogP contribution in [0.2, 0.25) is 0 Å². The summed E-state index contributed by atoms with van der Waals surface area (Å²) < 4.78 is 13.6. The molecule has 0 N–H and O–H groups in total. The summed E-state index contributed by atoms with van der Waals surface area (Å²) in [5.74, 6) is 1.69. The molecule has 0 fully saturated rings. The molecule has 0 saturated carbocycles. The van der Waals surface area contributed by atoms with Gasteiger partial charge in [-0.2, -0.15) is 0 Å². The molecule has 0 amide bonds. The molecule has 0 aliphatic rings. The number of ether oxygens (including phenoxy) is 2. The first-order valence-corrected chi connectivity index (χ1v) is 23.7. The molecule has 0 aromatic heterocycles. The fraction of sp³-hybridized carbons (Fsp3) is 0.0345. The Morgan fingerprint density at radius 2 is 0.565 bits per heavy atom. The van der Waals surface area contributed by atoms with Gasteiger partial charge in [-0.25, -0.2) is 0 Å². The van der Waals surface area contributed by atoms with Crippen LogP contribution in [0, 0.1) is 0 Å². The normalized spacial score (nSPS) is 11.3. The zero-order valence-electron chi connectivity index (χ0n) is 34.2. The van der Waals surface area contributed by atoms with Gasteiger partial charge in [0.15, 0.2) is 0 Å². The van der Waals surface area contributed by atoms with Crippen molar-refractivity contribution in [3.05, 3.63) is 254 Å². The predicted molar refractivity (Wildman–Crippen MR) is 266 cm³/mol. The van der Waals surface area contributed by atoms with E-state index < -0.39 is 15.8 Å². The molecule has 0 heterocycles. The summed E-state index contributed by atoms with van der Waals surface area (Å²) in [6.45, 7) is 0.817. The van der Waals surface area contributed by atoms with Crippen molar-refractivity contribution in [2.24, 2.45) is 0 Å². The zero-order chi connectivity index (χ0) is 41.5. The van der Waals surface area contributed by atoms with E-state index in [1.807, 2.05) is 60.7 Å². The van der Waals surface area contributed by atoms with Crippen molar-refractivity contribution in [2.75, 3.05) is 0 Å². The lowest BCUT2D eigenvalue weighted by Gasteiger charge is -2.31. The Kier molecular flexibility index (Phi) is 11.7. The third-order valence-corrected chi connectivity index (χ3v) is 16.4. The summed E-state index contributed by atoms with van der Waals surface area (Å²) in [5.41, 5.74) is 4.85. The summed E-state index contributed by atoms with van der Waals surface area (Å²) >= 11 is 0. The van der Waals surface area contributed by atoms with Gasteiger partial charge in [0.1, 0.15) is 24.7 Å². The van der Waals surface area contributed by atoms with Crippen molar-refractivity contribution in [2.45, 2.75) is 13.2 Å². The van der Waals surface area contributed by atoms with Crippen LogP contribution in [0.15, 0.2) is 243 Å². The predicted octanol–water partition coefficient (Wildman–Crippen LogP) is 12.3. The van der Waals surface area contributed by atoms with Crippen molar-refractivity contribution in [1.29, 1.82) is 0 Å². The Labute approximate surface area is 366 Å². The van der Waals surface area contributed by atoms with Gasteiger partial charge in [0.25, 0.3) is 0 Å². The standard InChI is InChI=1S/C58H44O2P2/c1-7-25-47(26-8-1)59-41-45-39-43-23-19-21-37-53(43)55(57(45)61(49-29-11-3-12-30-49)50-31-13-4-14-32-50)56-54-38-22-20-24-44(54)40-46(42-60-48-27-9-2-10-28-48)58(56)62(51-33-15-5-16-34-51)52-35-17-6-18-36-52/h1-40H,41-42H2. The number of fused-ring (bicyclic) bond motifs is 2. The van der Waals surface area contributed by atoms with E-state index in [2.05, 4.69) is 182 Å². The van der Waals surface area contributed by atoms with Crippen LogP contribution in [0.1, 0.15) is 11.1 Å². The van der Waals surface area contributed by atoms with Crippen molar-refractivity contribution >= 4 is 69.2 Å². The van der Waals surface area contributed by atoms with E-state index in [4.69, 9.17) is 9.47 Å². The first kappa shape index (κ1) is 39.3. The topological polar surface area (TPSA) is 18.5 Å². The smallest absolute Gasteiger partial charge is 0.119 e. The Balaban J connectivity index is 1.38. The minimum absolute atomic E-state index is 0.409. The second-order valence-corrected chi connectivity index (χ2v) is 19.5. The van der Waals surface area contributed by atoms with Gasteiger partial charge in [0.2, 0.25) is 0 Å². The largest absolute Gasteiger partial charge is 0.489 e. The minimum atomic E-state index is -1.12. The van der Waals surface area contributed by atoms with Gasteiger partial charge in [0, 0.05) is 10.6 Å². The molecule has 2 nitrogen and oxygen atoms in total. The maximum absolute atomic E-state index is 6.80. The van der Waals surface area contributed by atoms with Crippen LogP contribution >= 0.6 is 15.8 Å². The fourth-order valence-corrected chi connectivity index (χ4v) is 13.8. The minimum Gasteiger partial charge on any atom is -0.489 e. The molecule has 0 saturated heterocycles. The average Bonchev–Trinajstić information content (AvgIpc) is 3.35. The monoisotopic (exact) mass is 834 g/mol. The highest BCUT2D eigenvalue weighted by molar-refractivity contribution is 7.81. The van der Waals surface area contributed by atoms with E-state index in [1.54, 1.807) is 0 Å². The van der Waals surface area contributed by atoms with Gasteiger partial charge in [-0.3, -0.25) is 0 Å². The summed E-state index contributed by atoms with van der Waals surface area (Å²) in [7, 11) is -2.24. The van der Waals surface area contributed by atoms with Crippen LogP contribution in [0.5, 0.6) is 11.5 Å². The Bertz CT molecular complexity index is 2760. The van der Waals surface area contributed by atoms with Crippen LogP contribution in [0.4, 0.5) is 0 Å². The molecule has 0 radical (unpaired) electrons. The highest BCUT2D eigenvalue weighted by Crippen LogP contribution is 2.48. The van der Waals surface area contributed by atoms with Crippen LogP contribution in [0.25, 0.3) is 32.7 Å². The van der Waals surface area contributed by atoms with Gasteiger partial charge in [-0.1, -0.05) is 206 Å². The van der Waals surface area contributed by atoms with Crippen LogP contribution in [-0.4, -0.2) is 0 Å². The molecule has 0 atom stereocenters. The molecule has 0 aliphatic heterocycles. The number of benzene rings is 10. The Morgan fingerprint density at radius 3 is 0.887 bits per heavy atom. The number of hydrogen-bond acceptors (Lipinski definition) is 2. The van der Waals surface area contributed by atoms with Gasteiger partial charge in [0.05, 0.1) is 0 Å². The van der Waals surface area contributed by atoms with Crippen molar-refractivity contribution in [3.63, 3.8) is 0 Å². The first-order valence-electron chi connectivity index (χ1n) is 21.1. The second kappa shape index (κ2) is 18.4. The van der Waals surface area contributed by atoms with Gasteiger partial charge in [-0.05, 0) is 117 Å². The lowest BCUT2D eigenvalue weighted by molar-refractivity contribution is 0.307. The van der Waals surface area contributed by atoms with E-state index in [0.29, 0.717) is 13.2 Å². The SMILES string of the molecule is c1ccc(OCc2cc3ccccc3c(-c3c(P(c4ccccc4)c4ccccc4)c(COc4ccccc4)cc4ccccc34)c2P(c2ccccc2)c2ccccc2)cc1. The molecule has 0 unspecified atom stereocenters. The van der Waals surface area contributed by atoms with E-state index >= 15 is 0 Å². The van der Waals surface area contributed by atoms with Crippen LogP contribution < -0.4 is 41.3 Å². The summed E-state index contributed by atoms with van der Waals surface area (Å²) in [6, 6.07) is 87.5. The molecule has 0 bridgehead atoms. The highest BCUT2D eigenvalue weighted by Gasteiger charge is 2.32. The highest BCUT2D eigenvalue weighted by atomic mass is 31.1. The van der Waals surface area contributed by atoms with Crippen molar-refractivity contribution < 1.29 is 9.47 Å². The quantitative estimate of drug-likeness (QED) is 0.108. The van der Waals surface area contributed by atoms with E-state index in [0.717, 1.165) is 11.5 Å². The lowest BCUT2D eigenvalue weighted by atomic mass is 9.90. The maximum Gasteiger partial charge on any atom is 0.119 e. The summed E-state index contributed by atoms with van der Waals surface area (Å²) in [4.78, 5) is 0. The van der Waals surface area contributed by atoms with E-state index in [9.17, 15) is 0 Å². The third-order valence-electron chi connectivity index (χ3n) is 11.2. The van der Waals surface area contributed by atoms with Crippen molar-refractivity contribution in [3.8, 4) is 22.6 Å². The lowest BCUT2D eigenvalue weighted by Crippen LogP contribution is -2.30. The Morgan fingerprint density at radius 1 is 0.290 bits per heavy atom. The van der Waals surface area contributed by atoms with E-state index in [1.165, 1.54) is 75.6 Å². The molecular weight excluding hydrogens is 791 g/mol. The number of hydrogen-bond donors (Lipinski definition) is 0. The fourth-order valence-electron chi connectivity index (χ4n) is 8.50. The second-order valence-electron chi connectivity index (χ2n) is 15.2. The molecule has 62 heavy (non-hydrogen) atoms. The molecule has 0 spiro atoms.